The van der Waals surface area contributed by atoms with Crippen molar-refractivity contribution in [3.05, 3.63) is 46.8 Å². The first-order chi connectivity index (χ1) is 9.44. The third kappa shape index (κ3) is 3.06. The molecule has 0 atom stereocenters. The highest BCUT2D eigenvalue weighted by Crippen LogP contribution is 2.15. The molecule has 0 fully saturated rings. The molecule has 3 N–H and O–H groups in total. The largest absolute Gasteiger partial charge is 0.361 e. The number of hydrogen-bond donors (Lipinski definition) is 2. The van der Waals surface area contributed by atoms with Crippen LogP contribution in [0, 0.1) is 13.8 Å². The summed E-state index contributed by atoms with van der Waals surface area (Å²) in [5, 5.41) is 3.79. The molecule has 108 valence electrons. The number of hydrogen-bond acceptors (Lipinski definition) is 5. The quantitative estimate of drug-likeness (QED) is 0.864. The van der Waals surface area contributed by atoms with Crippen molar-refractivity contribution in [2.24, 2.45) is 5.73 Å². The van der Waals surface area contributed by atoms with E-state index in [9.17, 15) is 8.42 Å². The molecule has 0 saturated carbocycles. The number of nitrogens with one attached hydrogen (secondary N) is 1. The zero-order chi connectivity index (χ0) is 14.8. The predicted octanol–water partition coefficient (Wildman–Crippen LogP) is 1.23. The lowest BCUT2D eigenvalue weighted by molar-refractivity contribution is 0.392. The Morgan fingerprint density at radius 3 is 2.70 bits per heavy atom. The Kier molecular flexibility index (Phi) is 4.22. The standard InChI is InChI=1S/C13H17N3O3S/c1-9-13(10(2)19-16-9)8-15-20(17,18)12-5-3-4-11(6-12)7-14/h3-6,15H,7-8,14H2,1-2H3. The Bertz CT molecular complexity index is 688. The van der Waals surface area contributed by atoms with Gasteiger partial charge in [-0.05, 0) is 31.5 Å². The molecule has 2 aromatic rings. The minimum absolute atomic E-state index is 0.149. The van der Waals surface area contributed by atoms with E-state index in [1.165, 1.54) is 6.07 Å². The monoisotopic (exact) mass is 295 g/mol. The number of sulfonamides is 1. The predicted molar refractivity (Wildman–Crippen MR) is 74.3 cm³/mol. The van der Waals surface area contributed by atoms with E-state index in [0.29, 0.717) is 18.0 Å². The van der Waals surface area contributed by atoms with Crippen LogP contribution in [0.25, 0.3) is 0 Å². The van der Waals surface area contributed by atoms with Gasteiger partial charge in [-0.2, -0.15) is 0 Å². The molecule has 1 aromatic carbocycles. The average molecular weight is 295 g/mol. The summed E-state index contributed by atoms with van der Waals surface area (Å²) in [5.41, 5.74) is 7.72. The van der Waals surface area contributed by atoms with Gasteiger partial charge in [0.15, 0.2) is 0 Å². The highest BCUT2D eigenvalue weighted by molar-refractivity contribution is 7.89. The van der Waals surface area contributed by atoms with E-state index in [1.54, 1.807) is 32.0 Å². The molecule has 0 bridgehead atoms. The molecule has 0 amide bonds. The smallest absolute Gasteiger partial charge is 0.240 e. The average Bonchev–Trinajstić information content (AvgIpc) is 2.76. The van der Waals surface area contributed by atoms with Crippen LogP contribution in [0.5, 0.6) is 0 Å². The first-order valence-electron chi connectivity index (χ1n) is 6.14. The van der Waals surface area contributed by atoms with E-state index in [2.05, 4.69) is 9.88 Å². The van der Waals surface area contributed by atoms with Crippen molar-refractivity contribution in [2.75, 3.05) is 0 Å². The van der Waals surface area contributed by atoms with Crippen LogP contribution in [0.15, 0.2) is 33.7 Å². The van der Waals surface area contributed by atoms with Crippen molar-refractivity contribution in [3.8, 4) is 0 Å². The molecule has 0 saturated heterocycles. The van der Waals surface area contributed by atoms with Crippen LogP contribution in [0.1, 0.15) is 22.6 Å². The van der Waals surface area contributed by atoms with Crippen LogP contribution >= 0.6 is 0 Å². The second-order valence-electron chi connectivity index (χ2n) is 4.48. The summed E-state index contributed by atoms with van der Waals surface area (Å²) < 4.78 is 32.0. The van der Waals surface area contributed by atoms with Crippen LogP contribution in [0.2, 0.25) is 0 Å². The zero-order valence-corrected chi connectivity index (χ0v) is 12.2. The van der Waals surface area contributed by atoms with Gasteiger partial charge < -0.3 is 10.3 Å². The molecule has 7 heteroatoms. The molecular weight excluding hydrogens is 278 g/mol. The fourth-order valence-corrected chi connectivity index (χ4v) is 2.91. The number of nitrogens with zero attached hydrogens (tertiary/aromatic N) is 1. The molecule has 6 nitrogen and oxygen atoms in total. The Morgan fingerprint density at radius 1 is 1.35 bits per heavy atom. The number of aryl methyl sites for hydroxylation is 2. The van der Waals surface area contributed by atoms with Gasteiger partial charge in [-0.25, -0.2) is 13.1 Å². The summed E-state index contributed by atoms with van der Waals surface area (Å²) in [6.45, 7) is 3.97. The van der Waals surface area contributed by atoms with Crippen molar-refractivity contribution in [3.63, 3.8) is 0 Å². The van der Waals surface area contributed by atoms with Gasteiger partial charge in [0, 0.05) is 18.7 Å². The van der Waals surface area contributed by atoms with Crippen molar-refractivity contribution < 1.29 is 12.9 Å². The van der Waals surface area contributed by atoms with Gasteiger partial charge >= 0.3 is 0 Å². The van der Waals surface area contributed by atoms with Crippen molar-refractivity contribution in [2.45, 2.75) is 31.8 Å². The van der Waals surface area contributed by atoms with Crippen molar-refractivity contribution >= 4 is 10.0 Å². The molecule has 2 rings (SSSR count). The van der Waals surface area contributed by atoms with Crippen molar-refractivity contribution in [1.82, 2.24) is 9.88 Å². The number of benzene rings is 1. The van der Waals surface area contributed by atoms with E-state index in [4.69, 9.17) is 10.3 Å². The lowest BCUT2D eigenvalue weighted by atomic mass is 10.2. The first kappa shape index (κ1) is 14.7. The molecule has 0 aliphatic heterocycles. The fraction of sp³-hybridized carbons (Fsp3) is 0.308. The van der Waals surface area contributed by atoms with E-state index in [1.807, 2.05) is 0 Å². The lowest BCUT2D eigenvalue weighted by Crippen LogP contribution is -2.24. The summed E-state index contributed by atoms with van der Waals surface area (Å²) in [6, 6.07) is 6.56. The Balaban J connectivity index is 2.19. The molecule has 1 aromatic heterocycles. The zero-order valence-electron chi connectivity index (χ0n) is 11.4. The summed E-state index contributed by atoms with van der Waals surface area (Å²) in [5.74, 6) is 0.612. The number of aromatic nitrogens is 1. The van der Waals surface area contributed by atoms with E-state index in [-0.39, 0.29) is 11.4 Å². The van der Waals surface area contributed by atoms with E-state index in [0.717, 1.165) is 11.1 Å². The molecule has 0 aliphatic carbocycles. The van der Waals surface area contributed by atoms with Gasteiger partial charge in [-0.15, -0.1) is 0 Å². The van der Waals surface area contributed by atoms with Gasteiger partial charge in [0.25, 0.3) is 0 Å². The maximum Gasteiger partial charge on any atom is 0.240 e. The molecular formula is C13H17N3O3S. The summed E-state index contributed by atoms with van der Waals surface area (Å²) >= 11 is 0. The van der Waals surface area contributed by atoms with E-state index >= 15 is 0 Å². The SMILES string of the molecule is Cc1noc(C)c1CNS(=O)(=O)c1cccc(CN)c1. The van der Waals surface area contributed by atoms with Gasteiger partial charge in [0.1, 0.15) is 5.76 Å². The Morgan fingerprint density at radius 2 is 2.10 bits per heavy atom. The van der Waals surface area contributed by atoms with Gasteiger partial charge in [-0.3, -0.25) is 0 Å². The first-order valence-corrected chi connectivity index (χ1v) is 7.63. The highest BCUT2D eigenvalue weighted by atomic mass is 32.2. The maximum atomic E-state index is 12.2. The molecule has 0 spiro atoms. The Labute approximate surface area is 118 Å². The van der Waals surface area contributed by atoms with Gasteiger partial charge in [-0.1, -0.05) is 17.3 Å². The van der Waals surface area contributed by atoms with Crippen LogP contribution in [0.4, 0.5) is 0 Å². The number of nitrogens with two attached hydrogens (primary N) is 1. The normalized spacial score (nSPS) is 11.8. The third-order valence-corrected chi connectivity index (χ3v) is 4.46. The number of rotatable bonds is 5. The Hall–Kier alpha value is -1.70. The third-order valence-electron chi connectivity index (χ3n) is 3.06. The molecule has 0 unspecified atom stereocenters. The van der Waals surface area contributed by atoms with Crippen LogP contribution < -0.4 is 10.5 Å². The minimum Gasteiger partial charge on any atom is -0.361 e. The van der Waals surface area contributed by atoms with Gasteiger partial charge in [0.05, 0.1) is 10.6 Å². The lowest BCUT2D eigenvalue weighted by Gasteiger charge is -2.07. The van der Waals surface area contributed by atoms with E-state index < -0.39 is 10.0 Å². The van der Waals surface area contributed by atoms with Crippen molar-refractivity contribution in [1.29, 1.82) is 0 Å². The second kappa shape index (κ2) is 5.74. The second-order valence-corrected chi connectivity index (χ2v) is 6.25. The summed E-state index contributed by atoms with van der Waals surface area (Å²) in [4.78, 5) is 0.201. The maximum absolute atomic E-state index is 12.2. The molecule has 20 heavy (non-hydrogen) atoms. The molecule has 0 aliphatic rings. The van der Waals surface area contributed by atoms with Crippen LogP contribution in [0.3, 0.4) is 0 Å². The fourth-order valence-electron chi connectivity index (χ4n) is 1.84. The molecule has 0 radical (unpaired) electrons. The summed E-state index contributed by atoms with van der Waals surface area (Å²) in [6.07, 6.45) is 0. The minimum atomic E-state index is -3.58. The van der Waals surface area contributed by atoms with Crippen LogP contribution in [-0.2, 0) is 23.1 Å². The molecule has 1 heterocycles. The topological polar surface area (TPSA) is 98.2 Å². The van der Waals surface area contributed by atoms with Crippen LogP contribution in [-0.4, -0.2) is 13.6 Å². The summed E-state index contributed by atoms with van der Waals surface area (Å²) in [7, 11) is -3.58. The highest BCUT2D eigenvalue weighted by Gasteiger charge is 2.16. The van der Waals surface area contributed by atoms with Gasteiger partial charge in [0.2, 0.25) is 10.0 Å².